The number of benzene rings is 2. The Morgan fingerprint density at radius 3 is 2.36 bits per heavy atom. The van der Waals surface area contributed by atoms with E-state index in [4.69, 9.17) is 18.9 Å². The van der Waals surface area contributed by atoms with E-state index in [9.17, 15) is 4.79 Å². The van der Waals surface area contributed by atoms with Gasteiger partial charge in [0.15, 0.2) is 5.60 Å². The number of cyclic esters (lactones) is 1. The fourth-order valence-corrected chi connectivity index (χ4v) is 2.73. The number of carbonyl (C=O) groups excluding carboxylic acids is 1. The molecular formula is C20H22O5. The molecule has 1 fully saturated rings. The van der Waals surface area contributed by atoms with Crippen LogP contribution in [0, 0.1) is 0 Å². The number of hydrogen-bond acceptors (Lipinski definition) is 5. The zero-order valence-electron chi connectivity index (χ0n) is 14.3. The van der Waals surface area contributed by atoms with E-state index in [2.05, 4.69) is 0 Å². The van der Waals surface area contributed by atoms with E-state index in [1.54, 1.807) is 7.11 Å². The summed E-state index contributed by atoms with van der Waals surface area (Å²) in [4.78, 5) is 11.6. The summed E-state index contributed by atoms with van der Waals surface area (Å²) < 4.78 is 22.3. The lowest BCUT2D eigenvalue weighted by Gasteiger charge is -2.27. The normalized spacial score (nSPS) is 19.5. The molecule has 0 saturated carbocycles. The molecule has 3 rings (SSSR count). The molecule has 1 unspecified atom stereocenters. The predicted octanol–water partition coefficient (Wildman–Crippen LogP) is 3.37. The van der Waals surface area contributed by atoms with E-state index in [-0.39, 0.29) is 12.6 Å². The lowest BCUT2D eigenvalue weighted by Crippen LogP contribution is -2.40. The van der Waals surface area contributed by atoms with E-state index in [0.29, 0.717) is 31.8 Å². The minimum Gasteiger partial charge on any atom is -0.497 e. The number of ether oxygens (including phenoxy) is 4. The van der Waals surface area contributed by atoms with E-state index < -0.39 is 5.60 Å². The smallest absolute Gasteiger partial charge is 0.306 e. The zero-order valence-corrected chi connectivity index (χ0v) is 14.3. The van der Waals surface area contributed by atoms with Crippen molar-refractivity contribution in [1.29, 1.82) is 0 Å². The summed E-state index contributed by atoms with van der Waals surface area (Å²) in [7, 11) is 1.62. The van der Waals surface area contributed by atoms with Gasteiger partial charge in [0, 0.05) is 12.8 Å². The molecule has 0 radical (unpaired) electrons. The summed E-state index contributed by atoms with van der Waals surface area (Å²) in [6.45, 7) is 1.05. The molecule has 132 valence electrons. The van der Waals surface area contributed by atoms with Gasteiger partial charge in [-0.1, -0.05) is 30.3 Å². The van der Waals surface area contributed by atoms with E-state index in [1.807, 2.05) is 54.6 Å². The van der Waals surface area contributed by atoms with Crippen LogP contribution < -0.4 is 9.47 Å². The summed E-state index contributed by atoms with van der Waals surface area (Å²) >= 11 is 0. The van der Waals surface area contributed by atoms with Crippen LogP contribution in [0.4, 0.5) is 0 Å². The van der Waals surface area contributed by atoms with Crippen LogP contribution in [0.2, 0.25) is 0 Å². The number of rotatable bonds is 8. The third kappa shape index (κ3) is 4.73. The molecule has 2 aromatic rings. The SMILES string of the molecule is COc1ccc(OCC2(COCc3ccccc3)CCC(=O)O2)cc1. The van der Waals surface area contributed by atoms with Crippen molar-refractivity contribution < 1.29 is 23.7 Å². The van der Waals surface area contributed by atoms with Crippen molar-refractivity contribution in [2.75, 3.05) is 20.3 Å². The minimum atomic E-state index is -0.730. The van der Waals surface area contributed by atoms with Gasteiger partial charge in [-0.25, -0.2) is 0 Å². The van der Waals surface area contributed by atoms with Crippen LogP contribution in [0.25, 0.3) is 0 Å². The summed E-state index contributed by atoms with van der Waals surface area (Å²) in [5, 5.41) is 0. The van der Waals surface area contributed by atoms with Gasteiger partial charge in [-0.3, -0.25) is 4.79 Å². The Morgan fingerprint density at radius 2 is 1.72 bits per heavy atom. The van der Waals surface area contributed by atoms with Crippen molar-refractivity contribution in [3.05, 3.63) is 60.2 Å². The molecule has 0 aromatic heterocycles. The summed E-state index contributed by atoms with van der Waals surface area (Å²) in [5.41, 5.74) is 0.351. The first-order chi connectivity index (χ1) is 12.2. The summed E-state index contributed by atoms with van der Waals surface area (Å²) in [5.74, 6) is 1.26. The van der Waals surface area contributed by atoms with Crippen molar-refractivity contribution >= 4 is 5.97 Å². The van der Waals surface area contributed by atoms with Crippen molar-refractivity contribution in [3.8, 4) is 11.5 Å². The van der Waals surface area contributed by atoms with Crippen molar-refractivity contribution in [2.24, 2.45) is 0 Å². The fraction of sp³-hybridized carbons (Fsp3) is 0.350. The Balaban J connectivity index is 1.57. The molecule has 1 heterocycles. The predicted molar refractivity (Wildman–Crippen MR) is 92.6 cm³/mol. The molecule has 2 aromatic carbocycles. The number of esters is 1. The van der Waals surface area contributed by atoms with E-state index >= 15 is 0 Å². The molecule has 1 aliphatic rings. The second kappa shape index (κ2) is 8.03. The van der Waals surface area contributed by atoms with Gasteiger partial charge < -0.3 is 18.9 Å². The topological polar surface area (TPSA) is 54.0 Å². The summed E-state index contributed by atoms with van der Waals surface area (Å²) in [6.07, 6.45) is 0.984. The zero-order chi connectivity index (χ0) is 17.5. The van der Waals surface area contributed by atoms with Crippen molar-refractivity contribution in [3.63, 3.8) is 0 Å². The molecule has 5 nitrogen and oxygen atoms in total. The number of hydrogen-bond donors (Lipinski definition) is 0. The highest BCUT2D eigenvalue weighted by atomic mass is 16.6. The highest BCUT2D eigenvalue weighted by Gasteiger charge is 2.41. The molecule has 1 atom stereocenters. The van der Waals surface area contributed by atoms with Crippen LogP contribution in [0.1, 0.15) is 18.4 Å². The van der Waals surface area contributed by atoms with Crippen molar-refractivity contribution in [1.82, 2.24) is 0 Å². The maximum atomic E-state index is 11.6. The van der Waals surface area contributed by atoms with Crippen LogP contribution in [0.5, 0.6) is 11.5 Å². The highest BCUT2D eigenvalue weighted by Crippen LogP contribution is 2.29. The largest absolute Gasteiger partial charge is 0.497 e. The molecule has 5 heteroatoms. The Hall–Kier alpha value is -2.53. The van der Waals surface area contributed by atoms with Gasteiger partial charge in [-0.15, -0.1) is 0 Å². The molecule has 0 amide bonds. The van der Waals surface area contributed by atoms with Crippen LogP contribution in [-0.2, 0) is 20.9 Å². The Bertz CT molecular complexity index is 683. The third-order valence-electron chi connectivity index (χ3n) is 4.15. The number of methoxy groups -OCH3 is 1. The molecule has 25 heavy (non-hydrogen) atoms. The lowest BCUT2D eigenvalue weighted by atomic mass is 10.0. The quantitative estimate of drug-likeness (QED) is 0.689. The first-order valence-corrected chi connectivity index (χ1v) is 8.29. The average molecular weight is 342 g/mol. The fourth-order valence-electron chi connectivity index (χ4n) is 2.73. The van der Waals surface area contributed by atoms with Gasteiger partial charge in [0.25, 0.3) is 0 Å². The molecule has 0 N–H and O–H groups in total. The van der Waals surface area contributed by atoms with E-state index in [1.165, 1.54) is 0 Å². The summed E-state index contributed by atoms with van der Waals surface area (Å²) in [6, 6.07) is 17.2. The first kappa shape index (κ1) is 17.3. The number of carbonyl (C=O) groups is 1. The van der Waals surface area contributed by atoms with E-state index in [0.717, 1.165) is 11.3 Å². The second-order valence-electron chi connectivity index (χ2n) is 6.10. The Morgan fingerprint density at radius 1 is 1.00 bits per heavy atom. The average Bonchev–Trinajstić information content (AvgIpc) is 3.02. The molecular weight excluding hydrogens is 320 g/mol. The minimum absolute atomic E-state index is 0.207. The Kier molecular flexibility index (Phi) is 5.56. The van der Waals surface area contributed by atoms with Crippen LogP contribution in [0.15, 0.2) is 54.6 Å². The van der Waals surface area contributed by atoms with Gasteiger partial charge in [-0.05, 0) is 29.8 Å². The molecule has 1 aliphatic heterocycles. The van der Waals surface area contributed by atoms with Crippen LogP contribution >= 0.6 is 0 Å². The monoisotopic (exact) mass is 342 g/mol. The molecule has 1 saturated heterocycles. The first-order valence-electron chi connectivity index (χ1n) is 8.29. The van der Waals surface area contributed by atoms with Crippen LogP contribution in [-0.4, -0.2) is 31.9 Å². The van der Waals surface area contributed by atoms with Gasteiger partial charge in [0.1, 0.15) is 18.1 Å². The Labute approximate surface area is 147 Å². The van der Waals surface area contributed by atoms with Gasteiger partial charge in [-0.2, -0.15) is 0 Å². The van der Waals surface area contributed by atoms with Gasteiger partial charge in [0.05, 0.1) is 20.3 Å². The molecule has 0 bridgehead atoms. The third-order valence-corrected chi connectivity index (χ3v) is 4.15. The maximum Gasteiger partial charge on any atom is 0.306 e. The standard InChI is InChI=1S/C20H22O5/c1-22-17-7-9-18(10-8-17)24-15-20(12-11-19(21)25-20)14-23-13-16-5-3-2-4-6-16/h2-10H,11-15H2,1H3. The van der Waals surface area contributed by atoms with Gasteiger partial charge in [0.2, 0.25) is 0 Å². The highest BCUT2D eigenvalue weighted by molar-refractivity contribution is 5.72. The maximum absolute atomic E-state index is 11.6. The molecule has 0 aliphatic carbocycles. The van der Waals surface area contributed by atoms with Gasteiger partial charge >= 0.3 is 5.97 Å². The molecule has 0 spiro atoms. The second-order valence-corrected chi connectivity index (χ2v) is 6.10. The van der Waals surface area contributed by atoms with Crippen molar-refractivity contribution in [2.45, 2.75) is 25.0 Å². The lowest BCUT2D eigenvalue weighted by molar-refractivity contribution is -0.157. The van der Waals surface area contributed by atoms with Crippen LogP contribution in [0.3, 0.4) is 0 Å².